The maximum Gasteiger partial charge on any atom is 0.217 e. The van der Waals surface area contributed by atoms with E-state index in [0.717, 1.165) is 0 Å². The zero-order valence-electron chi connectivity index (χ0n) is 10.0. The van der Waals surface area contributed by atoms with Gasteiger partial charge in [0, 0.05) is 6.92 Å². The van der Waals surface area contributed by atoms with E-state index in [2.05, 4.69) is 5.32 Å². The first-order valence-electron chi connectivity index (χ1n) is 5.45. The lowest BCUT2D eigenvalue weighted by molar-refractivity contribution is -0.321. The second kappa shape index (κ2) is 5.74. The highest BCUT2D eigenvalue weighted by Gasteiger charge is 2.45. The second-order valence-electron chi connectivity index (χ2n) is 4.29. The molecule has 1 aliphatic rings. The third-order valence-corrected chi connectivity index (χ3v) is 2.35. The molecule has 5 atom stereocenters. The molecule has 1 amide bonds. The highest BCUT2D eigenvalue weighted by atomic mass is 16.7. The molecular weight excluding hydrogens is 230 g/mol. The average Bonchev–Trinajstić information content (AvgIpc) is 2.20. The molecule has 1 saturated heterocycles. The summed E-state index contributed by atoms with van der Waals surface area (Å²) in [4.78, 5) is 11.0. The topological polar surface area (TPSA) is 108 Å². The second-order valence-corrected chi connectivity index (χ2v) is 4.29. The summed E-state index contributed by atoms with van der Waals surface area (Å²) < 4.78 is 10.3. The average molecular weight is 249 g/mol. The molecular formula is C10H19NO6. The standard InChI is InChI=1S/C10H19NO6/c1-4(2)16-10-6(11-5(3)12)7(13)8(14)9(15)17-10/h4,6-10,13-15H,1-3H3,(H,11,12)/t6-,7-,8-,9+,10-/m1/s1. The van der Waals surface area contributed by atoms with Crippen molar-refractivity contribution in [2.75, 3.05) is 0 Å². The van der Waals surface area contributed by atoms with Crippen LogP contribution >= 0.6 is 0 Å². The highest BCUT2D eigenvalue weighted by molar-refractivity contribution is 5.73. The van der Waals surface area contributed by atoms with E-state index in [1.807, 2.05) is 0 Å². The van der Waals surface area contributed by atoms with E-state index < -0.39 is 36.7 Å². The normalized spacial score (nSPS) is 38.2. The Labute approximate surface area is 99.3 Å². The van der Waals surface area contributed by atoms with Gasteiger partial charge in [-0.1, -0.05) is 0 Å². The highest BCUT2D eigenvalue weighted by Crippen LogP contribution is 2.21. The third kappa shape index (κ3) is 3.62. The van der Waals surface area contributed by atoms with Crippen LogP contribution in [-0.4, -0.2) is 58.2 Å². The van der Waals surface area contributed by atoms with Crippen LogP contribution < -0.4 is 5.32 Å². The van der Waals surface area contributed by atoms with Crippen LogP contribution in [-0.2, 0) is 14.3 Å². The molecule has 7 heteroatoms. The molecule has 1 heterocycles. The molecule has 0 aliphatic carbocycles. The Morgan fingerprint density at radius 3 is 2.35 bits per heavy atom. The Bertz CT molecular complexity index is 272. The summed E-state index contributed by atoms with van der Waals surface area (Å²) >= 11 is 0. The van der Waals surface area contributed by atoms with Crippen molar-refractivity contribution in [3.8, 4) is 0 Å². The maximum absolute atomic E-state index is 11.0. The van der Waals surface area contributed by atoms with Gasteiger partial charge in [0.1, 0.15) is 18.2 Å². The minimum atomic E-state index is -1.54. The minimum Gasteiger partial charge on any atom is -0.388 e. The Balaban J connectivity index is 2.78. The van der Waals surface area contributed by atoms with Gasteiger partial charge in [-0.05, 0) is 13.8 Å². The van der Waals surface area contributed by atoms with Crippen LogP contribution in [0.15, 0.2) is 0 Å². The molecule has 0 aromatic heterocycles. The molecule has 17 heavy (non-hydrogen) atoms. The molecule has 0 spiro atoms. The van der Waals surface area contributed by atoms with Crippen molar-refractivity contribution >= 4 is 5.91 Å². The number of aliphatic hydroxyl groups excluding tert-OH is 3. The number of carbonyl (C=O) groups excluding carboxylic acids is 1. The summed E-state index contributed by atoms with van der Waals surface area (Å²) in [6, 6.07) is -0.923. The van der Waals surface area contributed by atoms with Crippen molar-refractivity contribution in [2.24, 2.45) is 0 Å². The van der Waals surface area contributed by atoms with Gasteiger partial charge in [0.05, 0.1) is 6.10 Å². The number of aliphatic hydroxyl groups is 3. The number of nitrogens with one attached hydrogen (secondary N) is 1. The van der Waals surface area contributed by atoms with Crippen molar-refractivity contribution in [3.05, 3.63) is 0 Å². The van der Waals surface area contributed by atoms with Crippen LogP contribution in [0, 0.1) is 0 Å². The van der Waals surface area contributed by atoms with Crippen LogP contribution in [0.1, 0.15) is 20.8 Å². The fraction of sp³-hybridized carbons (Fsp3) is 0.900. The largest absolute Gasteiger partial charge is 0.388 e. The van der Waals surface area contributed by atoms with Gasteiger partial charge < -0.3 is 30.1 Å². The van der Waals surface area contributed by atoms with Gasteiger partial charge in [0.15, 0.2) is 12.6 Å². The van der Waals surface area contributed by atoms with E-state index in [0.29, 0.717) is 0 Å². The van der Waals surface area contributed by atoms with Gasteiger partial charge in [0.25, 0.3) is 0 Å². The number of hydrogen-bond donors (Lipinski definition) is 4. The Hall–Kier alpha value is -0.730. The third-order valence-electron chi connectivity index (χ3n) is 2.35. The van der Waals surface area contributed by atoms with Crippen molar-refractivity contribution in [2.45, 2.75) is 57.7 Å². The summed E-state index contributed by atoms with van der Waals surface area (Å²) in [7, 11) is 0. The van der Waals surface area contributed by atoms with Crippen LogP contribution in [0.25, 0.3) is 0 Å². The monoisotopic (exact) mass is 249 g/mol. The van der Waals surface area contributed by atoms with Gasteiger partial charge in [-0.3, -0.25) is 4.79 Å². The fourth-order valence-corrected chi connectivity index (χ4v) is 1.62. The van der Waals surface area contributed by atoms with Crippen LogP contribution in [0.2, 0.25) is 0 Å². The predicted molar refractivity (Wildman–Crippen MR) is 56.7 cm³/mol. The molecule has 100 valence electrons. The Morgan fingerprint density at radius 2 is 1.88 bits per heavy atom. The Kier molecular flexibility index (Phi) is 4.84. The lowest BCUT2D eigenvalue weighted by Crippen LogP contribution is -2.64. The smallest absolute Gasteiger partial charge is 0.217 e. The van der Waals surface area contributed by atoms with Gasteiger partial charge in [-0.2, -0.15) is 0 Å². The van der Waals surface area contributed by atoms with Gasteiger partial charge in [0.2, 0.25) is 5.91 Å². The maximum atomic E-state index is 11.0. The van der Waals surface area contributed by atoms with E-state index in [1.54, 1.807) is 13.8 Å². The molecule has 0 saturated carbocycles. The van der Waals surface area contributed by atoms with E-state index in [1.165, 1.54) is 6.92 Å². The minimum absolute atomic E-state index is 0.217. The summed E-state index contributed by atoms with van der Waals surface area (Å²) in [6.45, 7) is 4.77. The molecule has 0 unspecified atom stereocenters. The first-order chi connectivity index (χ1) is 7.82. The summed E-state index contributed by atoms with van der Waals surface area (Å²) in [5.74, 6) is -0.390. The van der Waals surface area contributed by atoms with Gasteiger partial charge in [-0.25, -0.2) is 0 Å². The molecule has 1 rings (SSSR count). The molecule has 0 bridgehead atoms. The van der Waals surface area contributed by atoms with E-state index in [4.69, 9.17) is 9.47 Å². The fourth-order valence-electron chi connectivity index (χ4n) is 1.62. The molecule has 1 fully saturated rings. The SMILES string of the molecule is CC(=O)N[C@H]1[C@H](OC(C)C)O[C@H](O)[C@H](O)[C@@H]1O. The van der Waals surface area contributed by atoms with Crippen LogP contribution in [0.4, 0.5) is 0 Å². The number of hydrogen-bond acceptors (Lipinski definition) is 6. The van der Waals surface area contributed by atoms with Gasteiger partial charge in [-0.15, -0.1) is 0 Å². The summed E-state index contributed by atoms with van der Waals surface area (Å²) in [5, 5.41) is 31.0. The van der Waals surface area contributed by atoms with Crippen LogP contribution in [0.3, 0.4) is 0 Å². The predicted octanol–water partition coefficient (Wildman–Crippen LogP) is -1.69. The number of rotatable bonds is 3. The van der Waals surface area contributed by atoms with Gasteiger partial charge >= 0.3 is 0 Å². The first-order valence-corrected chi connectivity index (χ1v) is 5.45. The quantitative estimate of drug-likeness (QED) is 0.475. The lowest BCUT2D eigenvalue weighted by Gasteiger charge is -2.41. The number of carbonyl (C=O) groups is 1. The van der Waals surface area contributed by atoms with Crippen molar-refractivity contribution in [1.82, 2.24) is 5.32 Å². The lowest BCUT2D eigenvalue weighted by atomic mass is 10.0. The molecule has 0 aromatic carbocycles. The molecule has 1 aliphatic heterocycles. The van der Waals surface area contributed by atoms with E-state index >= 15 is 0 Å². The first kappa shape index (κ1) is 14.3. The summed E-state index contributed by atoms with van der Waals surface area (Å²) in [5.41, 5.74) is 0. The van der Waals surface area contributed by atoms with Crippen molar-refractivity contribution in [3.63, 3.8) is 0 Å². The molecule has 0 aromatic rings. The zero-order chi connectivity index (χ0) is 13.2. The van der Waals surface area contributed by atoms with E-state index in [-0.39, 0.29) is 6.10 Å². The van der Waals surface area contributed by atoms with Crippen LogP contribution in [0.5, 0.6) is 0 Å². The Morgan fingerprint density at radius 1 is 1.29 bits per heavy atom. The van der Waals surface area contributed by atoms with Crippen molar-refractivity contribution < 1.29 is 29.6 Å². The summed E-state index contributed by atoms with van der Waals surface area (Å²) in [6.07, 6.45) is -5.61. The zero-order valence-corrected chi connectivity index (χ0v) is 10.0. The number of amides is 1. The van der Waals surface area contributed by atoms with E-state index in [9.17, 15) is 20.1 Å². The molecule has 7 nitrogen and oxygen atoms in total. The number of ether oxygens (including phenoxy) is 2. The van der Waals surface area contributed by atoms with Crippen molar-refractivity contribution in [1.29, 1.82) is 0 Å². The molecule has 0 radical (unpaired) electrons. The molecule has 4 N–H and O–H groups in total.